The highest BCUT2D eigenvalue weighted by Crippen LogP contribution is 2.36. The zero-order valence-electron chi connectivity index (χ0n) is 10.4. The van der Waals surface area contributed by atoms with E-state index in [-0.39, 0.29) is 0 Å². The average molecular weight is 270 g/mol. The van der Waals surface area contributed by atoms with Crippen molar-refractivity contribution >= 4 is 11.5 Å². The molecule has 0 fully saturated rings. The third-order valence-electron chi connectivity index (χ3n) is 3.21. The van der Waals surface area contributed by atoms with Gasteiger partial charge in [-0.25, -0.2) is 4.79 Å². The molecule has 1 aromatic carbocycles. The number of hydrogen-bond donors (Lipinski definition) is 0. The number of allylic oxidation sites excluding steroid dienone is 1. The van der Waals surface area contributed by atoms with Gasteiger partial charge in [0.2, 0.25) is 0 Å². The number of esters is 1. The molecule has 0 spiro atoms. The van der Waals surface area contributed by atoms with Crippen LogP contribution in [0.3, 0.4) is 0 Å². The van der Waals surface area contributed by atoms with Gasteiger partial charge in [0.15, 0.2) is 0 Å². The number of hydrogen-bond acceptors (Lipinski definition) is 2. The Morgan fingerprint density at radius 1 is 1.16 bits per heavy atom. The Balaban J connectivity index is 2.34. The van der Waals surface area contributed by atoms with Crippen LogP contribution >= 0.6 is 0 Å². The minimum absolute atomic E-state index is 0.396. The van der Waals surface area contributed by atoms with Gasteiger partial charge in [0.25, 0.3) is 0 Å². The second-order valence-corrected chi connectivity index (χ2v) is 4.38. The van der Waals surface area contributed by atoms with Crippen molar-refractivity contribution in [1.29, 1.82) is 0 Å². The Labute approximate surface area is 108 Å². The maximum atomic E-state index is 12.5. The van der Waals surface area contributed by atoms with Crippen LogP contribution in [0.2, 0.25) is 0 Å². The van der Waals surface area contributed by atoms with E-state index >= 15 is 0 Å². The third-order valence-corrected chi connectivity index (χ3v) is 3.21. The molecule has 102 valence electrons. The largest absolute Gasteiger partial charge is 0.466 e. The predicted octanol–water partition coefficient (Wildman–Crippen LogP) is 3.82. The summed E-state index contributed by atoms with van der Waals surface area (Å²) in [6, 6.07) is 4.89. The lowest BCUT2D eigenvalue weighted by Gasteiger charge is -2.09. The summed E-state index contributed by atoms with van der Waals surface area (Å²) in [5, 5.41) is 0. The van der Waals surface area contributed by atoms with Gasteiger partial charge in [0.05, 0.1) is 12.7 Å². The summed E-state index contributed by atoms with van der Waals surface area (Å²) in [6.07, 6.45) is -2.21. The molecule has 2 rings (SSSR count). The first-order chi connectivity index (χ1) is 8.93. The second kappa shape index (κ2) is 5.07. The molecule has 0 saturated carbocycles. The van der Waals surface area contributed by atoms with Gasteiger partial charge in [0, 0.05) is 5.57 Å². The SMILES string of the molecule is COC(=O)C1=C(c2ccc(C(F)(F)F)cc2)CCC1. The average Bonchev–Trinajstić information content (AvgIpc) is 2.86. The lowest BCUT2D eigenvalue weighted by atomic mass is 10.0. The highest BCUT2D eigenvalue weighted by atomic mass is 19.4. The van der Waals surface area contributed by atoms with Crippen LogP contribution in [0.5, 0.6) is 0 Å². The Bertz CT molecular complexity index is 512. The lowest BCUT2D eigenvalue weighted by molar-refractivity contribution is -0.138. The van der Waals surface area contributed by atoms with Crippen LogP contribution < -0.4 is 0 Å². The standard InChI is InChI=1S/C14H13F3O2/c1-19-13(18)12-4-2-3-11(12)9-5-7-10(8-6-9)14(15,16)17/h5-8H,2-4H2,1H3. The number of alkyl halides is 3. The van der Waals surface area contributed by atoms with Crippen molar-refractivity contribution in [2.24, 2.45) is 0 Å². The third kappa shape index (κ3) is 2.80. The fourth-order valence-electron chi connectivity index (χ4n) is 2.27. The van der Waals surface area contributed by atoms with Gasteiger partial charge in [-0.1, -0.05) is 12.1 Å². The zero-order valence-corrected chi connectivity index (χ0v) is 10.4. The fraction of sp³-hybridized carbons (Fsp3) is 0.357. The van der Waals surface area contributed by atoms with Crippen LogP contribution in [0.25, 0.3) is 5.57 Å². The highest BCUT2D eigenvalue weighted by Gasteiger charge is 2.30. The predicted molar refractivity (Wildman–Crippen MR) is 64.2 cm³/mol. The number of benzene rings is 1. The summed E-state index contributed by atoms with van der Waals surface area (Å²) in [4.78, 5) is 11.6. The molecule has 0 saturated heterocycles. The smallest absolute Gasteiger partial charge is 0.416 e. The summed E-state index contributed by atoms with van der Waals surface area (Å²) < 4.78 is 42.1. The summed E-state index contributed by atoms with van der Waals surface area (Å²) in [5.74, 6) is -0.396. The van der Waals surface area contributed by atoms with E-state index in [0.29, 0.717) is 24.0 Å². The highest BCUT2D eigenvalue weighted by molar-refractivity contribution is 5.98. The molecule has 0 aromatic heterocycles. The molecule has 0 bridgehead atoms. The Hall–Kier alpha value is -1.78. The van der Waals surface area contributed by atoms with E-state index < -0.39 is 17.7 Å². The normalized spacial score (nSPS) is 15.8. The molecule has 19 heavy (non-hydrogen) atoms. The molecule has 0 aliphatic heterocycles. The molecule has 1 aliphatic rings. The van der Waals surface area contributed by atoms with Gasteiger partial charge in [-0.05, 0) is 42.5 Å². The quantitative estimate of drug-likeness (QED) is 0.764. The number of halogens is 3. The Morgan fingerprint density at radius 2 is 1.79 bits per heavy atom. The molecule has 0 heterocycles. The molecular formula is C14H13F3O2. The van der Waals surface area contributed by atoms with E-state index in [2.05, 4.69) is 4.74 Å². The number of methoxy groups -OCH3 is 1. The van der Waals surface area contributed by atoms with Crippen molar-refractivity contribution in [2.75, 3.05) is 7.11 Å². The summed E-state index contributed by atoms with van der Waals surface area (Å²) in [6.45, 7) is 0. The maximum absolute atomic E-state index is 12.5. The zero-order chi connectivity index (χ0) is 14.0. The summed E-state index contributed by atoms with van der Waals surface area (Å²) in [5.41, 5.74) is 1.34. The van der Waals surface area contributed by atoms with Crippen LogP contribution in [0.1, 0.15) is 30.4 Å². The molecule has 2 nitrogen and oxygen atoms in total. The Kier molecular flexibility index (Phi) is 3.64. The first-order valence-corrected chi connectivity index (χ1v) is 5.91. The lowest BCUT2D eigenvalue weighted by Crippen LogP contribution is -2.05. The Morgan fingerprint density at radius 3 is 2.32 bits per heavy atom. The van der Waals surface area contributed by atoms with Crippen molar-refractivity contribution in [1.82, 2.24) is 0 Å². The minimum atomic E-state index is -4.34. The van der Waals surface area contributed by atoms with Crippen LogP contribution in [0, 0.1) is 0 Å². The van der Waals surface area contributed by atoms with Crippen molar-refractivity contribution in [3.8, 4) is 0 Å². The number of ether oxygens (including phenoxy) is 1. The van der Waals surface area contributed by atoms with Gasteiger partial charge in [0.1, 0.15) is 0 Å². The molecule has 0 atom stereocenters. The molecule has 0 N–H and O–H groups in total. The van der Waals surface area contributed by atoms with E-state index in [0.717, 1.165) is 24.1 Å². The fourth-order valence-corrected chi connectivity index (χ4v) is 2.27. The van der Waals surface area contributed by atoms with Crippen LogP contribution in [0.15, 0.2) is 29.8 Å². The van der Waals surface area contributed by atoms with Crippen molar-refractivity contribution < 1.29 is 22.7 Å². The van der Waals surface area contributed by atoms with Crippen LogP contribution in [0.4, 0.5) is 13.2 Å². The number of carbonyl (C=O) groups excluding carboxylic acids is 1. The molecule has 5 heteroatoms. The monoisotopic (exact) mass is 270 g/mol. The van der Waals surface area contributed by atoms with E-state index in [1.165, 1.54) is 19.2 Å². The van der Waals surface area contributed by atoms with Gasteiger partial charge >= 0.3 is 12.1 Å². The molecular weight excluding hydrogens is 257 g/mol. The number of carbonyl (C=O) groups is 1. The first-order valence-electron chi connectivity index (χ1n) is 5.91. The van der Waals surface area contributed by atoms with Crippen molar-refractivity contribution in [3.63, 3.8) is 0 Å². The molecule has 0 unspecified atom stereocenters. The van der Waals surface area contributed by atoms with Crippen molar-refractivity contribution in [2.45, 2.75) is 25.4 Å². The van der Waals surface area contributed by atoms with E-state index in [1.54, 1.807) is 0 Å². The molecule has 0 amide bonds. The van der Waals surface area contributed by atoms with Crippen molar-refractivity contribution in [3.05, 3.63) is 41.0 Å². The molecule has 1 aromatic rings. The maximum Gasteiger partial charge on any atom is 0.416 e. The molecule has 1 aliphatic carbocycles. The van der Waals surface area contributed by atoms with Crippen LogP contribution in [-0.2, 0) is 15.7 Å². The minimum Gasteiger partial charge on any atom is -0.466 e. The second-order valence-electron chi connectivity index (χ2n) is 4.38. The number of rotatable bonds is 2. The van der Waals surface area contributed by atoms with Gasteiger partial charge in [-0.2, -0.15) is 13.2 Å². The van der Waals surface area contributed by atoms with E-state index in [9.17, 15) is 18.0 Å². The first kappa shape index (κ1) is 13.6. The topological polar surface area (TPSA) is 26.3 Å². The van der Waals surface area contributed by atoms with Gasteiger partial charge < -0.3 is 4.74 Å². The van der Waals surface area contributed by atoms with Gasteiger partial charge in [-0.3, -0.25) is 0 Å². The summed E-state index contributed by atoms with van der Waals surface area (Å²) in [7, 11) is 1.30. The molecule has 0 radical (unpaired) electrons. The van der Waals surface area contributed by atoms with Gasteiger partial charge in [-0.15, -0.1) is 0 Å². The van der Waals surface area contributed by atoms with E-state index in [4.69, 9.17) is 0 Å². The van der Waals surface area contributed by atoms with Crippen LogP contribution in [-0.4, -0.2) is 13.1 Å². The van der Waals surface area contributed by atoms with E-state index in [1.807, 2.05) is 0 Å². The summed E-state index contributed by atoms with van der Waals surface area (Å²) >= 11 is 0.